The molecule has 1 aliphatic rings. The molecule has 0 aliphatic carbocycles. The summed E-state index contributed by atoms with van der Waals surface area (Å²) in [4.78, 5) is 25.4. The zero-order valence-corrected chi connectivity index (χ0v) is 16.4. The second kappa shape index (κ2) is 7.71. The predicted octanol–water partition coefficient (Wildman–Crippen LogP) is 3.73. The fourth-order valence-corrected chi connectivity index (χ4v) is 3.60. The number of methoxy groups -OCH3 is 1. The smallest absolute Gasteiger partial charge is 0.340 e. The number of halogens is 1. The lowest BCUT2D eigenvalue weighted by molar-refractivity contribution is -0.123. The maximum absolute atomic E-state index is 13.3. The summed E-state index contributed by atoms with van der Waals surface area (Å²) >= 11 is 6.00. The Morgan fingerprint density at radius 2 is 1.89 bits per heavy atom. The normalized spacial score (nSPS) is 15.1. The van der Waals surface area contributed by atoms with E-state index in [0.717, 1.165) is 11.1 Å². The van der Waals surface area contributed by atoms with Gasteiger partial charge in [-0.05, 0) is 35.2 Å². The molecule has 0 unspecified atom stereocenters. The van der Waals surface area contributed by atoms with Gasteiger partial charge in [0.1, 0.15) is 0 Å². The summed E-state index contributed by atoms with van der Waals surface area (Å²) in [6.07, 6.45) is 0. The Labute approximate surface area is 164 Å². The molecule has 0 atom stereocenters. The summed E-state index contributed by atoms with van der Waals surface area (Å²) in [5.41, 5.74) is 2.12. The van der Waals surface area contributed by atoms with Crippen molar-refractivity contribution in [3.05, 3.63) is 64.2 Å². The van der Waals surface area contributed by atoms with Crippen molar-refractivity contribution < 1.29 is 14.3 Å². The van der Waals surface area contributed by atoms with E-state index < -0.39 is 11.4 Å². The van der Waals surface area contributed by atoms with Crippen molar-refractivity contribution in [1.82, 2.24) is 5.32 Å². The van der Waals surface area contributed by atoms with Gasteiger partial charge < -0.3 is 15.4 Å². The summed E-state index contributed by atoms with van der Waals surface area (Å²) in [5.74, 6) is -0.398. The molecule has 1 heterocycles. The highest BCUT2D eigenvalue weighted by Crippen LogP contribution is 2.36. The maximum atomic E-state index is 13.3. The third-order valence-electron chi connectivity index (χ3n) is 5.02. The van der Waals surface area contributed by atoms with Gasteiger partial charge in [-0.1, -0.05) is 49.7 Å². The van der Waals surface area contributed by atoms with E-state index in [2.05, 4.69) is 30.5 Å². The van der Waals surface area contributed by atoms with E-state index >= 15 is 0 Å². The molecule has 6 heteroatoms. The summed E-state index contributed by atoms with van der Waals surface area (Å²) in [6.45, 7) is 5.32. The second-order valence-corrected chi connectivity index (χ2v) is 7.50. The summed E-state index contributed by atoms with van der Waals surface area (Å²) in [6, 6.07) is 12.8. The topological polar surface area (TPSA) is 67.4 Å². The first-order valence-corrected chi connectivity index (χ1v) is 9.26. The highest BCUT2D eigenvalue weighted by Gasteiger charge is 2.47. The zero-order valence-electron chi connectivity index (χ0n) is 15.6. The number of hydrogen-bond acceptors (Lipinski definition) is 4. The first kappa shape index (κ1) is 19.4. The van der Waals surface area contributed by atoms with Crippen molar-refractivity contribution >= 4 is 29.2 Å². The van der Waals surface area contributed by atoms with Crippen LogP contribution in [0.3, 0.4) is 0 Å². The van der Waals surface area contributed by atoms with E-state index in [1.165, 1.54) is 13.2 Å². The molecule has 2 N–H and O–H groups in total. The second-order valence-electron chi connectivity index (χ2n) is 7.06. The van der Waals surface area contributed by atoms with Crippen LogP contribution in [0, 0.1) is 0 Å². The molecule has 1 saturated heterocycles. The standard InChI is InChI=1S/C21H23ClN2O3/c1-13(2)15-6-4-5-7-17(15)21(11-23-12-21)20(26)24-18-9-8-14(22)10-16(18)19(25)27-3/h4-10,13,23H,11-12H2,1-3H3,(H,24,26). The lowest BCUT2D eigenvalue weighted by atomic mass is 9.71. The largest absolute Gasteiger partial charge is 0.465 e. The van der Waals surface area contributed by atoms with Crippen LogP contribution in [0.1, 0.15) is 41.3 Å². The summed E-state index contributed by atoms with van der Waals surface area (Å²) in [7, 11) is 1.30. The molecular formula is C21H23ClN2O3. The molecule has 0 aromatic heterocycles. The fraction of sp³-hybridized carbons (Fsp3) is 0.333. The molecule has 27 heavy (non-hydrogen) atoms. The molecule has 0 saturated carbocycles. The number of ether oxygens (including phenoxy) is 1. The van der Waals surface area contributed by atoms with Gasteiger partial charge in [0.25, 0.3) is 0 Å². The molecule has 3 rings (SSSR count). The molecule has 5 nitrogen and oxygen atoms in total. The third-order valence-corrected chi connectivity index (χ3v) is 5.26. The Bertz CT molecular complexity index is 875. The van der Waals surface area contributed by atoms with Gasteiger partial charge >= 0.3 is 5.97 Å². The van der Waals surface area contributed by atoms with E-state index in [1.807, 2.05) is 18.2 Å². The summed E-state index contributed by atoms with van der Waals surface area (Å²) < 4.78 is 4.81. The number of anilines is 1. The molecule has 0 radical (unpaired) electrons. The molecule has 1 aliphatic heterocycles. The Balaban J connectivity index is 1.98. The Kier molecular flexibility index (Phi) is 5.53. The number of benzene rings is 2. The quantitative estimate of drug-likeness (QED) is 0.768. The molecule has 0 bridgehead atoms. The van der Waals surface area contributed by atoms with Crippen LogP contribution < -0.4 is 10.6 Å². The Morgan fingerprint density at radius 3 is 2.48 bits per heavy atom. The van der Waals surface area contributed by atoms with Crippen LogP contribution in [0.25, 0.3) is 0 Å². The van der Waals surface area contributed by atoms with E-state index in [1.54, 1.807) is 12.1 Å². The van der Waals surface area contributed by atoms with Crippen molar-refractivity contribution in [2.24, 2.45) is 0 Å². The Morgan fingerprint density at radius 1 is 1.19 bits per heavy atom. The Hall–Kier alpha value is -2.37. The molecule has 1 amide bonds. The first-order valence-electron chi connectivity index (χ1n) is 8.88. The van der Waals surface area contributed by atoms with Gasteiger partial charge in [0, 0.05) is 18.1 Å². The minimum Gasteiger partial charge on any atom is -0.465 e. The number of hydrogen-bond donors (Lipinski definition) is 2. The summed E-state index contributed by atoms with van der Waals surface area (Å²) in [5, 5.41) is 6.54. The van der Waals surface area contributed by atoms with Crippen molar-refractivity contribution in [3.8, 4) is 0 Å². The molecule has 2 aromatic rings. The van der Waals surface area contributed by atoms with Crippen LogP contribution in [0.4, 0.5) is 5.69 Å². The lowest BCUT2D eigenvalue weighted by Crippen LogP contribution is -2.63. The van der Waals surface area contributed by atoms with Gasteiger partial charge in [-0.25, -0.2) is 4.79 Å². The number of rotatable bonds is 5. The van der Waals surface area contributed by atoms with Gasteiger partial charge in [-0.2, -0.15) is 0 Å². The van der Waals surface area contributed by atoms with Crippen LogP contribution in [-0.2, 0) is 14.9 Å². The van der Waals surface area contributed by atoms with Crippen LogP contribution in [-0.4, -0.2) is 32.1 Å². The average molecular weight is 387 g/mol. The maximum Gasteiger partial charge on any atom is 0.340 e. The van der Waals surface area contributed by atoms with Crippen LogP contribution in [0.2, 0.25) is 5.02 Å². The van der Waals surface area contributed by atoms with Gasteiger partial charge in [-0.3, -0.25) is 4.79 Å². The number of carbonyl (C=O) groups is 2. The van der Waals surface area contributed by atoms with Crippen molar-refractivity contribution in [3.63, 3.8) is 0 Å². The predicted molar refractivity (Wildman–Crippen MR) is 106 cm³/mol. The van der Waals surface area contributed by atoms with E-state index in [4.69, 9.17) is 16.3 Å². The van der Waals surface area contributed by atoms with Gasteiger partial charge in [0.15, 0.2) is 0 Å². The average Bonchev–Trinajstić information content (AvgIpc) is 2.62. The fourth-order valence-electron chi connectivity index (χ4n) is 3.43. The molecule has 1 fully saturated rings. The highest BCUT2D eigenvalue weighted by atomic mass is 35.5. The third kappa shape index (κ3) is 3.57. The number of nitrogens with one attached hydrogen (secondary N) is 2. The SMILES string of the molecule is COC(=O)c1cc(Cl)ccc1NC(=O)C1(c2ccccc2C(C)C)CNC1. The van der Waals surface area contributed by atoms with Crippen molar-refractivity contribution in [1.29, 1.82) is 0 Å². The first-order chi connectivity index (χ1) is 12.9. The van der Waals surface area contributed by atoms with E-state index in [9.17, 15) is 9.59 Å². The lowest BCUT2D eigenvalue weighted by Gasteiger charge is -2.43. The minimum atomic E-state index is -0.673. The van der Waals surface area contributed by atoms with E-state index in [-0.39, 0.29) is 11.5 Å². The number of amides is 1. The van der Waals surface area contributed by atoms with E-state index in [0.29, 0.717) is 29.7 Å². The van der Waals surface area contributed by atoms with Crippen LogP contribution in [0.15, 0.2) is 42.5 Å². The zero-order chi connectivity index (χ0) is 19.6. The molecule has 2 aromatic carbocycles. The van der Waals surface area contributed by atoms with Crippen LogP contribution in [0.5, 0.6) is 0 Å². The van der Waals surface area contributed by atoms with Gasteiger partial charge in [0.2, 0.25) is 5.91 Å². The highest BCUT2D eigenvalue weighted by molar-refractivity contribution is 6.31. The minimum absolute atomic E-state index is 0.151. The monoisotopic (exact) mass is 386 g/mol. The van der Waals surface area contributed by atoms with Gasteiger partial charge in [-0.15, -0.1) is 0 Å². The number of esters is 1. The molecule has 142 valence electrons. The van der Waals surface area contributed by atoms with Gasteiger partial charge in [0.05, 0.1) is 23.8 Å². The number of carbonyl (C=O) groups excluding carboxylic acids is 2. The molecular weight excluding hydrogens is 364 g/mol. The van der Waals surface area contributed by atoms with Crippen molar-refractivity contribution in [2.75, 3.05) is 25.5 Å². The van der Waals surface area contributed by atoms with Crippen LogP contribution >= 0.6 is 11.6 Å². The van der Waals surface area contributed by atoms with Crippen molar-refractivity contribution in [2.45, 2.75) is 25.2 Å². The molecule has 0 spiro atoms.